The van der Waals surface area contributed by atoms with E-state index in [9.17, 15) is 10.0 Å². The number of hydroxylamine groups is 1. The number of alkyl halides is 1. The van der Waals surface area contributed by atoms with Crippen LogP contribution in [0.4, 0.5) is 4.39 Å². The van der Waals surface area contributed by atoms with Crippen molar-refractivity contribution in [3.05, 3.63) is 64.8 Å². The number of benzene rings is 2. The van der Waals surface area contributed by atoms with E-state index in [0.29, 0.717) is 41.5 Å². The highest BCUT2D eigenvalue weighted by Crippen LogP contribution is 2.42. The Morgan fingerprint density at radius 3 is 2.76 bits per heavy atom. The van der Waals surface area contributed by atoms with E-state index in [4.69, 9.17) is 16.3 Å². The van der Waals surface area contributed by atoms with Gasteiger partial charge in [0.25, 0.3) is 0 Å². The molecule has 2 heterocycles. The molecule has 0 aliphatic carbocycles. The fraction of sp³-hybridized carbons (Fsp3) is 0.448. The number of carbonyl (C=O) groups is 1. The quantitative estimate of drug-likeness (QED) is 0.117. The predicted molar refractivity (Wildman–Crippen MR) is 151 cm³/mol. The molecule has 0 bridgehead atoms. The number of thioether (sulfide) groups is 1. The highest BCUT2D eigenvalue weighted by Gasteiger charge is 2.41. The number of pyridine rings is 1. The van der Waals surface area contributed by atoms with E-state index in [1.807, 2.05) is 17.2 Å². The van der Waals surface area contributed by atoms with Gasteiger partial charge in [0.2, 0.25) is 5.91 Å². The number of hydrogen-bond acceptors (Lipinski definition) is 6. The summed E-state index contributed by atoms with van der Waals surface area (Å²) in [7, 11) is 1.55. The number of methoxy groups -OCH3 is 1. The van der Waals surface area contributed by atoms with Crippen LogP contribution in [-0.4, -0.2) is 53.5 Å². The average molecular weight is 560 g/mol. The van der Waals surface area contributed by atoms with Crippen molar-refractivity contribution >= 4 is 40.2 Å². The van der Waals surface area contributed by atoms with E-state index in [1.165, 1.54) is 16.7 Å². The van der Waals surface area contributed by atoms with Crippen LogP contribution < -0.4 is 10.2 Å². The molecule has 2 N–H and O–H groups in total. The number of carbonyl (C=O) groups excluding carboxylic acids is 1. The standard InChI is InChI=1S/C29H35ClFN3O3S/c1-20-6-3-4-7-26(20)38-17-5-14-34-15-12-29(13-16-34,28(35)33-36)11-10-24(31)27-22-18-21(37-2)8-9-25(22)32-19-23(27)30/h3-4,6-9,18-19,24,36H,5,10-17H2,1-2H3,(H,33,35). The smallest absolute Gasteiger partial charge is 0.249 e. The first kappa shape index (κ1) is 28.6. The summed E-state index contributed by atoms with van der Waals surface area (Å²) < 4.78 is 21.1. The molecule has 1 saturated heterocycles. The Balaban J connectivity index is 1.36. The van der Waals surface area contributed by atoms with Crippen molar-refractivity contribution in [2.45, 2.75) is 50.1 Å². The molecule has 1 aromatic heterocycles. The number of aryl methyl sites for hydroxylation is 1. The van der Waals surface area contributed by atoms with Gasteiger partial charge in [0.1, 0.15) is 11.9 Å². The molecule has 1 fully saturated rings. The van der Waals surface area contributed by atoms with Crippen molar-refractivity contribution in [2.24, 2.45) is 5.41 Å². The first-order chi connectivity index (χ1) is 18.4. The number of fused-ring (bicyclic) bond motifs is 1. The van der Waals surface area contributed by atoms with Crippen molar-refractivity contribution in [1.29, 1.82) is 0 Å². The number of aromatic nitrogens is 1. The maximum Gasteiger partial charge on any atom is 0.249 e. The molecule has 3 aromatic rings. The molecule has 38 heavy (non-hydrogen) atoms. The lowest BCUT2D eigenvalue weighted by Crippen LogP contribution is -2.48. The monoisotopic (exact) mass is 559 g/mol. The summed E-state index contributed by atoms with van der Waals surface area (Å²) in [6.45, 7) is 4.54. The Morgan fingerprint density at radius 2 is 2.05 bits per heavy atom. The molecular weight excluding hydrogens is 525 g/mol. The van der Waals surface area contributed by atoms with Crippen LogP contribution in [0.3, 0.4) is 0 Å². The number of nitrogens with one attached hydrogen (secondary N) is 1. The molecule has 1 aliphatic rings. The fourth-order valence-corrected chi connectivity index (χ4v) is 6.50. The second-order valence-corrected chi connectivity index (χ2v) is 11.5. The van der Waals surface area contributed by atoms with Gasteiger partial charge in [0.15, 0.2) is 0 Å². The molecule has 0 spiro atoms. The minimum Gasteiger partial charge on any atom is -0.497 e. The minimum absolute atomic E-state index is 0.108. The van der Waals surface area contributed by atoms with Gasteiger partial charge in [-0.05, 0) is 94.2 Å². The Hall–Kier alpha value is -2.39. The summed E-state index contributed by atoms with van der Waals surface area (Å²) in [6.07, 6.45) is 2.66. The molecule has 204 valence electrons. The average Bonchev–Trinajstić information content (AvgIpc) is 2.94. The Bertz CT molecular complexity index is 1250. The van der Waals surface area contributed by atoms with E-state index in [2.05, 4.69) is 41.1 Å². The molecule has 2 aromatic carbocycles. The van der Waals surface area contributed by atoms with Gasteiger partial charge in [-0.1, -0.05) is 29.8 Å². The van der Waals surface area contributed by atoms with E-state index in [1.54, 1.807) is 25.3 Å². The summed E-state index contributed by atoms with van der Waals surface area (Å²) in [5.41, 5.74) is 3.31. The SMILES string of the molecule is COc1ccc2ncc(Cl)c(C(F)CCC3(C(=O)NO)CCN(CCCSc4ccccc4C)CC3)c2c1. The Labute approximate surface area is 232 Å². The van der Waals surface area contributed by atoms with Crippen LogP contribution in [0.25, 0.3) is 10.9 Å². The first-order valence-electron chi connectivity index (χ1n) is 13.0. The Kier molecular flexibility index (Phi) is 9.87. The number of amides is 1. The van der Waals surface area contributed by atoms with Gasteiger partial charge >= 0.3 is 0 Å². The molecule has 1 unspecified atom stereocenters. The van der Waals surface area contributed by atoms with Gasteiger partial charge < -0.3 is 9.64 Å². The van der Waals surface area contributed by atoms with E-state index in [-0.39, 0.29) is 11.4 Å². The third kappa shape index (κ3) is 6.60. The van der Waals surface area contributed by atoms with Crippen molar-refractivity contribution in [3.63, 3.8) is 0 Å². The molecule has 0 saturated carbocycles. The summed E-state index contributed by atoms with van der Waals surface area (Å²) in [4.78, 5) is 20.8. The van der Waals surface area contributed by atoms with E-state index >= 15 is 4.39 Å². The molecule has 1 amide bonds. The van der Waals surface area contributed by atoms with Crippen molar-refractivity contribution in [3.8, 4) is 5.75 Å². The number of ether oxygens (including phenoxy) is 1. The van der Waals surface area contributed by atoms with Gasteiger partial charge in [-0.3, -0.25) is 15.0 Å². The maximum absolute atomic E-state index is 15.7. The van der Waals surface area contributed by atoms with Crippen molar-refractivity contribution in [1.82, 2.24) is 15.4 Å². The van der Waals surface area contributed by atoms with Crippen LogP contribution in [0.1, 0.15) is 49.4 Å². The molecule has 9 heteroatoms. The summed E-state index contributed by atoms with van der Waals surface area (Å²) in [5, 5.41) is 10.3. The number of rotatable bonds is 11. The van der Waals surface area contributed by atoms with Gasteiger partial charge in [-0.25, -0.2) is 9.87 Å². The van der Waals surface area contributed by atoms with Crippen LogP contribution in [0.5, 0.6) is 5.75 Å². The van der Waals surface area contributed by atoms with Crippen LogP contribution in [0.2, 0.25) is 5.02 Å². The van der Waals surface area contributed by atoms with Crippen LogP contribution in [0.15, 0.2) is 53.6 Å². The summed E-state index contributed by atoms with van der Waals surface area (Å²) in [6, 6.07) is 13.7. The number of nitrogens with zero attached hydrogens (tertiary/aromatic N) is 2. The third-order valence-electron chi connectivity index (χ3n) is 7.62. The van der Waals surface area contributed by atoms with Crippen molar-refractivity contribution in [2.75, 3.05) is 32.5 Å². The zero-order valence-corrected chi connectivity index (χ0v) is 23.5. The van der Waals surface area contributed by atoms with Gasteiger partial charge in [-0.15, -0.1) is 11.8 Å². The molecule has 6 nitrogen and oxygen atoms in total. The molecule has 0 radical (unpaired) electrons. The predicted octanol–water partition coefficient (Wildman–Crippen LogP) is 6.77. The topological polar surface area (TPSA) is 74.7 Å². The van der Waals surface area contributed by atoms with Gasteiger partial charge in [0.05, 0.1) is 23.1 Å². The number of likely N-dealkylation sites (tertiary alicyclic amines) is 1. The summed E-state index contributed by atoms with van der Waals surface area (Å²) >= 11 is 8.26. The fourth-order valence-electron chi connectivity index (χ4n) is 5.26. The summed E-state index contributed by atoms with van der Waals surface area (Å²) in [5.74, 6) is 1.18. The Morgan fingerprint density at radius 1 is 1.29 bits per heavy atom. The number of hydrogen-bond donors (Lipinski definition) is 2. The maximum atomic E-state index is 15.7. The van der Waals surface area contributed by atoms with Gasteiger partial charge in [0, 0.05) is 22.0 Å². The lowest BCUT2D eigenvalue weighted by Gasteiger charge is -2.40. The molecule has 1 aliphatic heterocycles. The van der Waals surface area contributed by atoms with Crippen LogP contribution >= 0.6 is 23.4 Å². The number of halogens is 2. The van der Waals surface area contributed by atoms with Crippen LogP contribution in [0, 0.1) is 12.3 Å². The number of piperidine rings is 1. The van der Waals surface area contributed by atoms with E-state index < -0.39 is 17.5 Å². The molecular formula is C29H35ClFN3O3S. The zero-order valence-electron chi connectivity index (χ0n) is 21.9. The lowest BCUT2D eigenvalue weighted by atomic mass is 9.73. The normalized spacial score (nSPS) is 16.3. The van der Waals surface area contributed by atoms with Crippen molar-refractivity contribution < 1.29 is 19.1 Å². The lowest BCUT2D eigenvalue weighted by molar-refractivity contribution is -0.143. The van der Waals surface area contributed by atoms with Crippen LogP contribution in [-0.2, 0) is 4.79 Å². The second-order valence-electron chi connectivity index (χ2n) is 9.94. The van der Waals surface area contributed by atoms with Gasteiger partial charge in [-0.2, -0.15) is 0 Å². The minimum atomic E-state index is -1.39. The largest absolute Gasteiger partial charge is 0.497 e. The second kappa shape index (κ2) is 13.1. The molecule has 4 rings (SSSR count). The van der Waals surface area contributed by atoms with E-state index in [0.717, 1.165) is 31.8 Å². The highest BCUT2D eigenvalue weighted by molar-refractivity contribution is 7.99. The third-order valence-corrected chi connectivity index (χ3v) is 9.19. The molecule has 1 atom stereocenters. The highest BCUT2D eigenvalue weighted by atomic mass is 35.5. The zero-order chi connectivity index (χ0) is 27.1. The first-order valence-corrected chi connectivity index (χ1v) is 14.3.